The number of ether oxygens (including phenoxy) is 1. The number of nitrogens with one attached hydrogen (secondary N) is 1. The highest BCUT2D eigenvalue weighted by Gasteiger charge is 2.35. The number of carbonyl (C=O) groups excluding carboxylic acids is 1. The lowest BCUT2D eigenvalue weighted by molar-refractivity contribution is -0.137. The number of halogens is 4. The van der Waals surface area contributed by atoms with Crippen LogP contribution in [0.4, 0.5) is 19.1 Å². The van der Waals surface area contributed by atoms with Crippen molar-refractivity contribution < 1.29 is 22.7 Å². The minimum absolute atomic E-state index is 0.0231. The van der Waals surface area contributed by atoms with E-state index in [1.165, 1.54) is 18.3 Å². The molecule has 0 radical (unpaired) electrons. The normalized spacial score (nSPS) is 11.5. The number of rotatable bonds is 4. The van der Waals surface area contributed by atoms with Crippen LogP contribution in [0.5, 0.6) is 0 Å². The maximum atomic E-state index is 13.5. The third-order valence-corrected chi connectivity index (χ3v) is 4.05. The molecule has 0 aliphatic carbocycles. The lowest BCUT2D eigenvalue weighted by Crippen LogP contribution is -2.10. The number of anilines is 1. The highest BCUT2D eigenvalue weighted by molar-refractivity contribution is 6.31. The highest BCUT2D eigenvalue weighted by Crippen LogP contribution is 2.40. The van der Waals surface area contributed by atoms with Gasteiger partial charge in [-0.1, -0.05) is 11.6 Å². The van der Waals surface area contributed by atoms with E-state index < -0.39 is 17.7 Å². The first-order valence-electron chi connectivity index (χ1n) is 8.07. The molecule has 2 aromatic heterocycles. The van der Waals surface area contributed by atoms with Crippen molar-refractivity contribution in [3.8, 4) is 22.6 Å². The number of H-pyrrole nitrogens is 1. The summed E-state index contributed by atoms with van der Waals surface area (Å²) in [5.41, 5.74) is 4.76. The summed E-state index contributed by atoms with van der Waals surface area (Å²) in [6, 6.07) is 5.99. The monoisotopic (exact) mass is 410 g/mol. The van der Waals surface area contributed by atoms with Crippen molar-refractivity contribution in [3.63, 3.8) is 0 Å². The van der Waals surface area contributed by atoms with Gasteiger partial charge in [0.2, 0.25) is 5.95 Å². The average Bonchev–Trinajstić information content (AvgIpc) is 3.06. The first-order chi connectivity index (χ1) is 13.2. The van der Waals surface area contributed by atoms with Crippen LogP contribution in [0.2, 0.25) is 5.02 Å². The Kier molecular flexibility index (Phi) is 5.28. The van der Waals surface area contributed by atoms with Crippen LogP contribution in [-0.4, -0.2) is 27.5 Å². The molecule has 28 heavy (non-hydrogen) atoms. The molecule has 0 fully saturated rings. The van der Waals surface area contributed by atoms with Gasteiger partial charge in [0.05, 0.1) is 34.8 Å². The summed E-state index contributed by atoms with van der Waals surface area (Å²) >= 11 is 5.92. The van der Waals surface area contributed by atoms with E-state index in [0.29, 0.717) is 5.69 Å². The van der Waals surface area contributed by atoms with Crippen LogP contribution in [0.25, 0.3) is 22.6 Å². The zero-order valence-corrected chi connectivity index (χ0v) is 15.2. The van der Waals surface area contributed by atoms with Crippen molar-refractivity contribution in [2.75, 3.05) is 12.3 Å². The first-order valence-corrected chi connectivity index (χ1v) is 8.44. The van der Waals surface area contributed by atoms with Gasteiger partial charge in [-0.05, 0) is 37.3 Å². The fourth-order valence-electron chi connectivity index (χ4n) is 2.67. The molecule has 6 nitrogen and oxygen atoms in total. The van der Waals surface area contributed by atoms with Crippen LogP contribution in [0.3, 0.4) is 0 Å². The number of carbonyl (C=O) groups is 1. The molecule has 10 heteroatoms. The van der Waals surface area contributed by atoms with Gasteiger partial charge in [0.15, 0.2) is 0 Å². The summed E-state index contributed by atoms with van der Waals surface area (Å²) in [7, 11) is 0. The number of hydrogen-bond donors (Lipinski definition) is 2. The molecule has 0 aliphatic rings. The van der Waals surface area contributed by atoms with Crippen molar-refractivity contribution >= 4 is 23.5 Å². The SMILES string of the molecule is CCOC(=O)c1cc(-c2ccnc(N)n2)[nH]c1-c1cc(Cl)ccc1C(F)(F)F. The Bertz CT molecular complexity index is 1030. The van der Waals surface area contributed by atoms with Gasteiger partial charge in [0.1, 0.15) is 0 Å². The summed E-state index contributed by atoms with van der Waals surface area (Å²) in [4.78, 5) is 23.0. The summed E-state index contributed by atoms with van der Waals surface area (Å²) < 4.78 is 45.5. The number of nitrogens with two attached hydrogens (primary N) is 1. The van der Waals surface area contributed by atoms with Gasteiger partial charge in [-0.15, -0.1) is 0 Å². The van der Waals surface area contributed by atoms with Crippen LogP contribution < -0.4 is 5.73 Å². The number of aromatic nitrogens is 3. The molecule has 3 rings (SSSR count). The van der Waals surface area contributed by atoms with Gasteiger partial charge in [-0.2, -0.15) is 13.2 Å². The fraction of sp³-hybridized carbons (Fsp3) is 0.167. The van der Waals surface area contributed by atoms with Gasteiger partial charge in [0, 0.05) is 16.8 Å². The van der Waals surface area contributed by atoms with Gasteiger partial charge < -0.3 is 15.5 Å². The number of aromatic amines is 1. The lowest BCUT2D eigenvalue weighted by Gasteiger charge is -2.13. The second-order valence-electron chi connectivity index (χ2n) is 5.68. The van der Waals surface area contributed by atoms with Crippen LogP contribution in [0, 0.1) is 0 Å². The Hall–Kier alpha value is -3.07. The molecular formula is C18H14ClF3N4O2. The standard InChI is InChI=1S/C18H14ClF3N4O2/c1-2-28-16(27)11-8-14(13-5-6-24-17(23)26-13)25-15(11)10-7-9(19)3-4-12(10)18(20,21)22/h3-8,25H,2H2,1H3,(H2,23,24,26). The minimum Gasteiger partial charge on any atom is -0.462 e. The molecule has 0 spiro atoms. The van der Waals surface area contributed by atoms with Crippen molar-refractivity contribution in [3.05, 3.63) is 52.7 Å². The Morgan fingerprint density at radius 1 is 1.29 bits per heavy atom. The minimum atomic E-state index is -4.66. The zero-order valence-electron chi connectivity index (χ0n) is 14.5. The third kappa shape index (κ3) is 3.94. The summed E-state index contributed by atoms with van der Waals surface area (Å²) in [6.45, 7) is 1.65. The molecule has 3 N–H and O–H groups in total. The number of benzene rings is 1. The molecular weight excluding hydrogens is 397 g/mol. The number of esters is 1. The van der Waals surface area contributed by atoms with E-state index in [1.807, 2.05) is 0 Å². The summed E-state index contributed by atoms with van der Waals surface area (Å²) in [5.74, 6) is -0.805. The van der Waals surface area contributed by atoms with Crippen molar-refractivity contribution in [2.45, 2.75) is 13.1 Å². The van der Waals surface area contributed by atoms with Crippen LogP contribution >= 0.6 is 11.6 Å². The van der Waals surface area contributed by atoms with Gasteiger partial charge in [0.25, 0.3) is 0 Å². The van der Waals surface area contributed by atoms with Gasteiger partial charge >= 0.3 is 12.1 Å². The van der Waals surface area contributed by atoms with Crippen molar-refractivity contribution in [1.29, 1.82) is 0 Å². The van der Waals surface area contributed by atoms with Crippen LogP contribution in [-0.2, 0) is 10.9 Å². The number of alkyl halides is 3. The lowest BCUT2D eigenvalue weighted by atomic mass is 10.0. The number of hydrogen-bond acceptors (Lipinski definition) is 5. The van der Waals surface area contributed by atoms with Crippen LogP contribution in [0.1, 0.15) is 22.8 Å². The molecule has 0 bridgehead atoms. The van der Waals surface area contributed by atoms with Gasteiger partial charge in [-0.25, -0.2) is 14.8 Å². The molecule has 0 unspecified atom stereocenters. The molecule has 0 aliphatic heterocycles. The van der Waals surface area contributed by atoms with Crippen molar-refractivity contribution in [2.24, 2.45) is 0 Å². The molecule has 3 aromatic rings. The molecule has 2 heterocycles. The summed E-state index contributed by atoms with van der Waals surface area (Å²) in [5, 5.41) is 0.0836. The molecule has 0 saturated carbocycles. The predicted molar refractivity (Wildman–Crippen MR) is 97.6 cm³/mol. The average molecular weight is 411 g/mol. The molecule has 0 saturated heterocycles. The van der Waals surface area contributed by atoms with E-state index in [-0.39, 0.29) is 40.1 Å². The van der Waals surface area contributed by atoms with E-state index in [4.69, 9.17) is 22.1 Å². The van der Waals surface area contributed by atoms with Crippen molar-refractivity contribution in [1.82, 2.24) is 15.0 Å². The first kappa shape index (κ1) is 19.7. The second-order valence-corrected chi connectivity index (χ2v) is 6.12. The van der Waals surface area contributed by atoms with E-state index in [0.717, 1.165) is 18.2 Å². The molecule has 146 valence electrons. The van der Waals surface area contributed by atoms with E-state index in [9.17, 15) is 18.0 Å². The molecule has 0 atom stereocenters. The maximum Gasteiger partial charge on any atom is 0.417 e. The fourth-order valence-corrected chi connectivity index (χ4v) is 2.84. The Morgan fingerprint density at radius 3 is 2.68 bits per heavy atom. The Labute approximate surface area is 162 Å². The Morgan fingerprint density at radius 2 is 2.04 bits per heavy atom. The van der Waals surface area contributed by atoms with E-state index in [1.54, 1.807) is 6.92 Å². The quantitative estimate of drug-likeness (QED) is 0.614. The second kappa shape index (κ2) is 7.51. The summed E-state index contributed by atoms with van der Waals surface area (Å²) in [6.07, 6.45) is -3.26. The third-order valence-electron chi connectivity index (χ3n) is 3.82. The van der Waals surface area contributed by atoms with Crippen LogP contribution in [0.15, 0.2) is 36.5 Å². The van der Waals surface area contributed by atoms with E-state index >= 15 is 0 Å². The van der Waals surface area contributed by atoms with E-state index in [2.05, 4.69) is 15.0 Å². The highest BCUT2D eigenvalue weighted by atomic mass is 35.5. The largest absolute Gasteiger partial charge is 0.462 e. The zero-order chi connectivity index (χ0) is 20.5. The maximum absolute atomic E-state index is 13.5. The van der Waals surface area contributed by atoms with Gasteiger partial charge in [-0.3, -0.25) is 0 Å². The topological polar surface area (TPSA) is 93.9 Å². The predicted octanol–water partition coefficient (Wildman–Crippen LogP) is 4.57. The number of nitrogen functional groups attached to an aromatic ring is 1. The Balaban J connectivity index is 2.26. The number of nitrogens with zero attached hydrogens (tertiary/aromatic N) is 2. The smallest absolute Gasteiger partial charge is 0.417 e. The molecule has 0 amide bonds. The molecule has 1 aromatic carbocycles.